The van der Waals surface area contributed by atoms with Gasteiger partial charge < -0.3 is 14.4 Å². The number of fused-ring (bicyclic) bond motifs is 1. The zero-order valence-electron chi connectivity index (χ0n) is 14.1. The smallest absolute Gasteiger partial charge is 0.338 e. The molecular formula is C19H17Cl2NO4. The van der Waals surface area contributed by atoms with Gasteiger partial charge in [0.2, 0.25) is 0 Å². The summed E-state index contributed by atoms with van der Waals surface area (Å²) in [5.74, 6) is -0.357. The summed E-state index contributed by atoms with van der Waals surface area (Å²) < 4.78 is 10.4. The van der Waals surface area contributed by atoms with Gasteiger partial charge in [0.25, 0.3) is 5.91 Å². The number of amides is 1. The Morgan fingerprint density at radius 2 is 1.81 bits per heavy atom. The minimum absolute atomic E-state index is 0.203. The quantitative estimate of drug-likeness (QED) is 0.732. The van der Waals surface area contributed by atoms with E-state index in [4.69, 9.17) is 32.7 Å². The summed E-state index contributed by atoms with van der Waals surface area (Å²) in [6.45, 7) is 0.349. The van der Waals surface area contributed by atoms with Crippen molar-refractivity contribution in [2.45, 2.75) is 12.8 Å². The molecule has 1 aliphatic heterocycles. The van der Waals surface area contributed by atoms with Crippen molar-refractivity contribution in [1.29, 1.82) is 0 Å². The normalized spacial score (nSPS) is 13.1. The largest absolute Gasteiger partial charge is 0.481 e. The number of anilines is 1. The first kappa shape index (κ1) is 18.5. The predicted octanol–water partition coefficient (Wildman–Crippen LogP) is 4.14. The number of esters is 1. The molecule has 0 saturated heterocycles. The van der Waals surface area contributed by atoms with E-state index < -0.39 is 5.97 Å². The minimum Gasteiger partial charge on any atom is -0.481 e. The molecule has 0 saturated carbocycles. The fourth-order valence-corrected chi connectivity index (χ4v) is 3.52. The van der Waals surface area contributed by atoms with E-state index in [9.17, 15) is 9.59 Å². The van der Waals surface area contributed by atoms with E-state index >= 15 is 0 Å². The maximum absolute atomic E-state index is 12.7. The first-order valence-electron chi connectivity index (χ1n) is 8.10. The van der Waals surface area contributed by atoms with Crippen LogP contribution < -0.4 is 9.64 Å². The van der Waals surface area contributed by atoms with Crippen LogP contribution in [0.5, 0.6) is 5.75 Å². The lowest BCUT2D eigenvalue weighted by Crippen LogP contribution is -2.39. The molecule has 0 unspecified atom stereocenters. The minimum atomic E-state index is -0.407. The van der Waals surface area contributed by atoms with Crippen molar-refractivity contribution < 1.29 is 19.1 Å². The molecule has 2 aromatic carbocycles. The van der Waals surface area contributed by atoms with Gasteiger partial charge in [0.15, 0.2) is 12.4 Å². The SMILES string of the molecule is COC(=O)c1cccc2c1CCCN2C(=O)COc1c(Cl)cccc1Cl. The highest BCUT2D eigenvalue weighted by atomic mass is 35.5. The van der Waals surface area contributed by atoms with Crippen molar-refractivity contribution in [2.24, 2.45) is 0 Å². The van der Waals surface area contributed by atoms with E-state index in [1.165, 1.54) is 7.11 Å². The summed E-state index contributed by atoms with van der Waals surface area (Å²) in [5.41, 5.74) is 2.00. The number of methoxy groups -OCH3 is 1. The van der Waals surface area contributed by atoms with Crippen LogP contribution in [0.4, 0.5) is 5.69 Å². The van der Waals surface area contributed by atoms with Gasteiger partial charge in [-0.25, -0.2) is 4.79 Å². The average Bonchev–Trinajstić information content (AvgIpc) is 2.65. The predicted molar refractivity (Wildman–Crippen MR) is 100 cm³/mol. The summed E-state index contributed by atoms with van der Waals surface area (Å²) in [6, 6.07) is 10.3. The van der Waals surface area contributed by atoms with Crippen LogP contribution in [0.15, 0.2) is 36.4 Å². The van der Waals surface area contributed by atoms with Crippen LogP contribution in [0.25, 0.3) is 0 Å². The van der Waals surface area contributed by atoms with Crippen LogP contribution >= 0.6 is 23.2 Å². The summed E-state index contributed by atoms with van der Waals surface area (Å²) >= 11 is 12.1. The number of rotatable bonds is 4. The van der Waals surface area contributed by atoms with Crippen LogP contribution in [0.2, 0.25) is 10.0 Å². The molecule has 0 aliphatic carbocycles. The van der Waals surface area contributed by atoms with E-state index in [1.54, 1.807) is 35.2 Å². The van der Waals surface area contributed by atoms with E-state index in [0.717, 1.165) is 12.0 Å². The number of carbonyl (C=O) groups is 2. The molecule has 0 spiro atoms. The lowest BCUT2D eigenvalue weighted by molar-refractivity contribution is -0.120. The topological polar surface area (TPSA) is 55.8 Å². The number of hydrogen-bond acceptors (Lipinski definition) is 4. The van der Waals surface area contributed by atoms with Crippen molar-refractivity contribution in [1.82, 2.24) is 0 Å². The van der Waals surface area contributed by atoms with Crippen LogP contribution in [0.3, 0.4) is 0 Å². The number of carbonyl (C=O) groups excluding carboxylic acids is 2. The summed E-state index contributed by atoms with van der Waals surface area (Å²) in [6.07, 6.45) is 1.46. The van der Waals surface area contributed by atoms with Gasteiger partial charge in [0, 0.05) is 12.2 Å². The molecule has 26 heavy (non-hydrogen) atoms. The summed E-state index contributed by atoms with van der Waals surface area (Å²) in [5, 5.41) is 0.689. The molecule has 2 aromatic rings. The highest BCUT2D eigenvalue weighted by Crippen LogP contribution is 2.33. The van der Waals surface area contributed by atoms with E-state index in [2.05, 4.69) is 0 Å². The molecule has 0 radical (unpaired) electrons. The molecule has 0 bridgehead atoms. The molecule has 136 valence electrons. The molecule has 0 N–H and O–H groups in total. The highest BCUT2D eigenvalue weighted by molar-refractivity contribution is 6.37. The van der Waals surface area contributed by atoms with Crippen LogP contribution in [-0.2, 0) is 16.0 Å². The van der Waals surface area contributed by atoms with Gasteiger partial charge in [-0.2, -0.15) is 0 Å². The van der Waals surface area contributed by atoms with E-state index in [1.807, 2.05) is 6.07 Å². The standard InChI is InChI=1S/C19H17Cl2NO4/c1-25-19(24)13-5-2-9-16-12(13)6-4-10-22(16)17(23)11-26-18-14(20)7-3-8-15(18)21/h2-3,5,7-9H,4,6,10-11H2,1H3. The first-order chi connectivity index (χ1) is 12.5. The lowest BCUT2D eigenvalue weighted by atomic mass is 9.96. The fraction of sp³-hybridized carbons (Fsp3) is 0.263. The zero-order valence-corrected chi connectivity index (χ0v) is 15.6. The highest BCUT2D eigenvalue weighted by Gasteiger charge is 2.26. The number of ether oxygens (including phenoxy) is 2. The molecule has 3 rings (SSSR count). The van der Waals surface area contributed by atoms with Gasteiger partial charge in [-0.15, -0.1) is 0 Å². The number of benzene rings is 2. The second-order valence-corrected chi connectivity index (χ2v) is 6.60. The van der Waals surface area contributed by atoms with Crippen molar-refractivity contribution in [3.8, 4) is 5.75 Å². The Kier molecular flexibility index (Phi) is 5.69. The van der Waals surface area contributed by atoms with Crippen molar-refractivity contribution in [2.75, 3.05) is 25.2 Å². The van der Waals surface area contributed by atoms with E-state index in [-0.39, 0.29) is 18.3 Å². The van der Waals surface area contributed by atoms with Crippen molar-refractivity contribution in [3.63, 3.8) is 0 Å². The molecule has 0 atom stereocenters. The molecule has 0 aromatic heterocycles. The average molecular weight is 394 g/mol. The van der Waals surface area contributed by atoms with Crippen LogP contribution in [0, 0.1) is 0 Å². The van der Waals surface area contributed by atoms with Gasteiger partial charge in [0.1, 0.15) is 0 Å². The number of nitrogens with zero attached hydrogens (tertiary/aromatic N) is 1. The third-order valence-electron chi connectivity index (χ3n) is 4.22. The van der Waals surface area contributed by atoms with Gasteiger partial charge in [-0.1, -0.05) is 35.3 Å². The molecule has 1 amide bonds. The number of halogens is 2. The second kappa shape index (κ2) is 7.98. The zero-order chi connectivity index (χ0) is 18.7. The maximum atomic E-state index is 12.7. The third kappa shape index (κ3) is 3.64. The van der Waals surface area contributed by atoms with Crippen LogP contribution in [-0.4, -0.2) is 32.1 Å². The summed E-state index contributed by atoms with van der Waals surface area (Å²) in [7, 11) is 1.34. The number of para-hydroxylation sites is 1. The Morgan fingerprint density at radius 3 is 2.50 bits per heavy atom. The van der Waals surface area contributed by atoms with Gasteiger partial charge in [-0.05, 0) is 42.7 Å². The van der Waals surface area contributed by atoms with Crippen molar-refractivity contribution >= 4 is 40.8 Å². The van der Waals surface area contributed by atoms with Crippen LogP contribution in [0.1, 0.15) is 22.3 Å². The Balaban J connectivity index is 1.81. The molecule has 1 heterocycles. The summed E-state index contributed by atoms with van der Waals surface area (Å²) in [4.78, 5) is 26.3. The second-order valence-electron chi connectivity index (χ2n) is 5.78. The van der Waals surface area contributed by atoms with Gasteiger partial charge in [0.05, 0.1) is 22.7 Å². The van der Waals surface area contributed by atoms with Gasteiger partial charge >= 0.3 is 5.97 Å². The molecular weight excluding hydrogens is 377 g/mol. The molecule has 5 nitrogen and oxygen atoms in total. The molecule has 7 heteroatoms. The Bertz CT molecular complexity index is 833. The Labute approximate surface area is 161 Å². The molecule has 0 fully saturated rings. The Morgan fingerprint density at radius 1 is 1.12 bits per heavy atom. The Hall–Kier alpha value is -2.24. The first-order valence-corrected chi connectivity index (χ1v) is 8.86. The fourth-order valence-electron chi connectivity index (χ4n) is 3.02. The van der Waals surface area contributed by atoms with E-state index in [0.29, 0.717) is 34.3 Å². The lowest BCUT2D eigenvalue weighted by Gasteiger charge is -2.30. The van der Waals surface area contributed by atoms with Crippen molar-refractivity contribution in [3.05, 3.63) is 57.6 Å². The molecule has 1 aliphatic rings. The maximum Gasteiger partial charge on any atom is 0.338 e. The number of hydrogen-bond donors (Lipinski definition) is 0. The third-order valence-corrected chi connectivity index (χ3v) is 4.81. The van der Waals surface area contributed by atoms with Gasteiger partial charge in [-0.3, -0.25) is 4.79 Å². The monoisotopic (exact) mass is 393 g/mol.